The van der Waals surface area contributed by atoms with E-state index in [0.717, 1.165) is 25.2 Å². The van der Waals surface area contributed by atoms with Crippen LogP contribution in [-0.4, -0.2) is 26.8 Å². The monoisotopic (exact) mass is 448 g/mol. The lowest BCUT2D eigenvalue weighted by atomic mass is 9.97. The first kappa shape index (κ1) is 20.7. The van der Waals surface area contributed by atoms with Crippen LogP contribution in [0.1, 0.15) is 19.8 Å². The van der Waals surface area contributed by atoms with Crippen molar-refractivity contribution < 1.29 is 27.1 Å². The summed E-state index contributed by atoms with van der Waals surface area (Å²) in [6.07, 6.45) is 0.262. The van der Waals surface area contributed by atoms with Gasteiger partial charge in [0.1, 0.15) is 11.6 Å². The zero-order valence-electron chi connectivity index (χ0n) is 17.0. The Labute approximate surface area is 180 Å². The van der Waals surface area contributed by atoms with Crippen molar-refractivity contribution >= 4 is 22.5 Å². The van der Waals surface area contributed by atoms with Crippen LogP contribution in [0.3, 0.4) is 0 Å². The van der Waals surface area contributed by atoms with Crippen LogP contribution in [0.2, 0.25) is 0 Å². The van der Waals surface area contributed by atoms with Gasteiger partial charge in [0, 0.05) is 17.5 Å². The topological polar surface area (TPSA) is 69.0 Å². The van der Waals surface area contributed by atoms with Gasteiger partial charge in [-0.05, 0) is 54.9 Å². The highest BCUT2D eigenvalue weighted by atomic mass is 19.4. The number of hydrogen-bond donors (Lipinski definition) is 1. The van der Waals surface area contributed by atoms with Crippen LogP contribution in [0.25, 0.3) is 10.9 Å². The fourth-order valence-electron chi connectivity index (χ4n) is 5.01. The van der Waals surface area contributed by atoms with E-state index >= 15 is 0 Å². The molecule has 3 aromatic rings. The molecule has 168 valence electrons. The molecule has 2 aliphatic rings. The molecule has 2 saturated carbocycles. The molecule has 10 heteroatoms. The number of amides is 1. The van der Waals surface area contributed by atoms with Crippen molar-refractivity contribution in [2.75, 3.05) is 5.32 Å². The molecule has 0 radical (unpaired) electrons. The second-order valence-electron chi connectivity index (χ2n) is 8.51. The van der Waals surface area contributed by atoms with E-state index in [1.807, 2.05) is 0 Å². The number of hydrogen-bond acceptors (Lipinski definition) is 4. The van der Waals surface area contributed by atoms with E-state index in [-0.39, 0.29) is 40.0 Å². The number of ether oxygens (including phenoxy) is 1. The molecule has 6 nitrogen and oxygen atoms in total. The van der Waals surface area contributed by atoms with Gasteiger partial charge in [0.05, 0.1) is 29.7 Å². The normalized spacial score (nSPS) is 25.4. The number of anilines is 1. The van der Waals surface area contributed by atoms with Gasteiger partial charge in [-0.25, -0.2) is 4.39 Å². The van der Waals surface area contributed by atoms with Crippen molar-refractivity contribution in [2.24, 2.45) is 23.7 Å². The maximum atomic E-state index is 13.6. The van der Waals surface area contributed by atoms with E-state index in [1.165, 1.54) is 12.1 Å². The van der Waals surface area contributed by atoms with Crippen LogP contribution in [0, 0.1) is 29.5 Å². The lowest BCUT2D eigenvalue weighted by Gasteiger charge is -2.20. The van der Waals surface area contributed by atoms with E-state index in [9.17, 15) is 22.4 Å². The summed E-state index contributed by atoms with van der Waals surface area (Å²) < 4.78 is 57.6. The fraction of sp³-hybridized carbons (Fsp3) is 0.409. The molecule has 1 N–H and O–H groups in total. The Morgan fingerprint density at radius 3 is 2.69 bits per heavy atom. The van der Waals surface area contributed by atoms with E-state index in [0.29, 0.717) is 28.5 Å². The number of aromatic nitrogens is 3. The number of benzene rings is 1. The molecule has 0 aliphatic heterocycles. The number of pyridine rings is 1. The van der Waals surface area contributed by atoms with Crippen molar-refractivity contribution in [3.8, 4) is 5.75 Å². The number of nitrogens with zero attached hydrogens (tertiary/aromatic N) is 3. The summed E-state index contributed by atoms with van der Waals surface area (Å²) in [5.74, 6) is 0.386. The largest absolute Gasteiger partial charge is 0.504 e. The van der Waals surface area contributed by atoms with E-state index in [1.54, 1.807) is 25.3 Å². The van der Waals surface area contributed by atoms with Gasteiger partial charge in [-0.1, -0.05) is 6.92 Å². The van der Waals surface area contributed by atoms with Crippen molar-refractivity contribution in [3.05, 3.63) is 48.7 Å². The number of carbonyl (C=O) groups excluding carboxylic acids is 1. The third kappa shape index (κ3) is 3.78. The minimum absolute atomic E-state index is 0.0167. The maximum Gasteiger partial charge on any atom is 0.504 e. The average Bonchev–Trinajstić information content (AvgIpc) is 3.08. The molecule has 2 fully saturated rings. The standard InChI is InChI=1S/C22H20F4N4O2/c1-11(21(31)29-13-9-28-30(10-13)22(24,25)26)20-15-7-14(8-16(15)20)32-19-4-5-27-18-3-2-12(23)6-17(18)19/h2-6,9-11,14-16,20H,7-8H2,1H3,(H,29,31)/t11?,14?,15-,16+,20?. The van der Waals surface area contributed by atoms with Crippen LogP contribution in [0.5, 0.6) is 5.75 Å². The molecule has 2 aliphatic carbocycles. The summed E-state index contributed by atoms with van der Waals surface area (Å²) in [5.41, 5.74) is 0.673. The third-order valence-corrected chi connectivity index (χ3v) is 6.53. The number of alkyl halides is 3. The second kappa shape index (κ2) is 7.46. The highest BCUT2D eigenvalue weighted by molar-refractivity contribution is 5.92. The molecule has 32 heavy (non-hydrogen) atoms. The molecule has 1 aromatic carbocycles. The number of carbonyl (C=O) groups is 1. The predicted octanol–water partition coefficient (Wildman–Crippen LogP) is 4.72. The van der Waals surface area contributed by atoms with Gasteiger partial charge in [-0.2, -0.15) is 9.78 Å². The van der Waals surface area contributed by atoms with Gasteiger partial charge in [0.2, 0.25) is 5.91 Å². The summed E-state index contributed by atoms with van der Waals surface area (Å²) in [5, 5.41) is 6.37. The van der Waals surface area contributed by atoms with Crippen molar-refractivity contribution in [3.63, 3.8) is 0 Å². The van der Waals surface area contributed by atoms with Crippen LogP contribution < -0.4 is 10.1 Å². The highest BCUT2D eigenvalue weighted by Crippen LogP contribution is 2.61. The number of nitrogens with one attached hydrogen (secondary N) is 1. The summed E-state index contributed by atoms with van der Waals surface area (Å²) in [4.78, 5) is 16.8. The first-order chi connectivity index (χ1) is 15.2. The minimum atomic E-state index is -4.62. The van der Waals surface area contributed by atoms with Gasteiger partial charge in [-0.3, -0.25) is 9.78 Å². The fourth-order valence-corrected chi connectivity index (χ4v) is 5.01. The van der Waals surface area contributed by atoms with E-state index in [2.05, 4.69) is 15.4 Å². The van der Waals surface area contributed by atoms with Crippen molar-refractivity contribution in [1.29, 1.82) is 0 Å². The Bertz CT molecular complexity index is 1170. The van der Waals surface area contributed by atoms with Gasteiger partial charge in [-0.15, -0.1) is 13.2 Å². The van der Waals surface area contributed by atoms with Crippen molar-refractivity contribution in [1.82, 2.24) is 14.8 Å². The lowest BCUT2D eigenvalue weighted by molar-refractivity contribution is -0.212. The zero-order valence-corrected chi connectivity index (χ0v) is 17.0. The molecular formula is C22H20F4N4O2. The number of fused-ring (bicyclic) bond motifs is 2. The Balaban J connectivity index is 1.18. The quantitative estimate of drug-likeness (QED) is 0.574. The maximum absolute atomic E-state index is 13.6. The highest BCUT2D eigenvalue weighted by Gasteiger charge is 2.59. The molecule has 3 unspecified atom stereocenters. The minimum Gasteiger partial charge on any atom is -0.490 e. The summed E-state index contributed by atoms with van der Waals surface area (Å²) in [6.45, 7) is 1.79. The summed E-state index contributed by atoms with van der Waals surface area (Å²) >= 11 is 0. The van der Waals surface area contributed by atoms with Gasteiger partial charge >= 0.3 is 6.30 Å². The number of halogens is 4. The zero-order chi connectivity index (χ0) is 22.6. The Hall–Kier alpha value is -3.17. The van der Waals surface area contributed by atoms with Crippen LogP contribution in [0.4, 0.5) is 23.2 Å². The molecule has 5 atom stereocenters. The van der Waals surface area contributed by atoms with Crippen LogP contribution in [0.15, 0.2) is 42.9 Å². The van der Waals surface area contributed by atoms with Crippen LogP contribution >= 0.6 is 0 Å². The third-order valence-electron chi connectivity index (χ3n) is 6.53. The summed E-state index contributed by atoms with van der Waals surface area (Å²) in [7, 11) is 0. The molecule has 0 bridgehead atoms. The molecular weight excluding hydrogens is 428 g/mol. The second-order valence-corrected chi connectivity index (χ2v) is 8.51. The molecule has 1 amide bonds. The Kier molecular flexibility index (Phi) is 4.83. The van der Waals surface area contributed by atoms with Crippen LogP contribution in [-0.2, 0) is 11.1 Å². The van der Waals surface area contributed by atoms with Gasteiger partial charge in [0.25, 0.3) is 0 Å². The number of rotatable bonds is 5. The molecule has 0 saturated heterocycles. The smallest absolute Gasteiger partial charge is 0.490 e. The predicted molar refractivity (Wildman–Crippen MR) is 107 cm³/mol. The molecule has 2 aromatic heterocycles. The van der Waals surface area contributed by atoms with Gasteiger partial charge in [0.15, 0.2) is 0 Å². The Morgan fingerprint density at radius 1 is 1.25 bits per heavy atom. The first-order valence-corrected chi connectivity index (χ1v) is 10.3. The first-order valence-electron chi connectivity index (χ1n) is 10.3. The summed E-state index contributed by atoms with van der Waals surface area (Å²) in [6, 6.07) is 6.09. The molecule has 0 spiro atoms. The van der Waals surface area contributed by atoms with E-state index in [4.69, 9.17) is 4.74 Å². The van der Waals surface area contributed by atoms with Gasteiger partial charge < -0.3 is 10.1 Å². The molecule has 2 heterocycles. The lowest BCUT2D eigenvalue weighted by Crippen LogP contribution is -2.25. The van der Waals surface area contributed by atoms with E-state index < -0.39 is 6.30 Å². The van der Waals surface area contributed by atoms with Crippen molar-refractivity contribution in [2.45, 2.75) is 32.2 Å². The SMILES string of the molecule is CC(C(=O)Nc1cnn(C(F)(F)F)c1)C1[C@H]2CC(Oc3ccnc4ccc(F)cc34)C[C@@H]12. The molecule has 5 rings (SSSR count). The Morgan fingerprint density at radius 2 is 2.00 bits per heavy atom. The average molecular weight is 448 g/mol.